The van der Waals surface area contributed by atoms with Crippen molar-refractivity contribution in [2.45, 2.75) is 25.7 Å². The summed E-state index contributed by atoms with van der Waals surface area (Å²) in [4.78, 5) is 16.2. The van der Waals surface area contributed by atoms with Crippen molar-refractivity contribution in [1.29, 1.82) is 0 Å². The third-order valence-electron chi connectivity index (χ3n) is 3.40. The molecule has 0 spiro atoms. The second-order valence-corrected chi connectivity index (χ2v) is 6.45. The Balaban J connectivity index is 1.44. The molecule has 1 fully saturated rings. The minimum Gasteiger partial charge on any atom is -0.399 e. The summed E-state index contributed by atoms with van der Waals surface area (Å²) < 4.78 is 6.50. The molecule has 0 bridgehead atoms. The van der Waals surface area contributed by atoms with Crippen LogP contribution in [0.3, 0.4) is 0 Å². The quantitative estimate of drug-likeness (QED) is 0.609. The lowest BCUT2D eigenvalue weighted by atomic mass is 10.3. The van der Waals surface area contributed by atoms with E-state index in [4.69, 9.17) is 10.5 Å². The zero-order valence-corrected chi connectivity index (χ0v) is 12.6. The number of benzene rings is 1. The summed E-state index contributed by atoms with van der Waals surface area (Å²) in [7, 11) is 0. The molecule has 0 radical (unpaired) electrons. The van der Waals surface area contributed by atoms with Crippen molar-refractivity contribution in [2.75, 3.05) is 24.3 Å². The van der Waals surface area contributed by atoms with Crippen LogP contribution in [0.25, 0.3) is 10.2 Å². The number of carbonyl (C=O) groups excluding carboxylic acids is 1. The van der Waals surface area contributed by atoms with Crippen LogP contribution in [-0.4, -0.2) is 24.1 Å². The largest absolute Gasteiger partial charge is 0.399 e. The van der Waals surface area contributed by atoms with Gasteiger partial charge < -0.3 is 15.8 Å². The van der Waals surface area contributed by atoms with Crippen LogP contribution in [-0.2, 0) is 9.53 Å². The molecule has 1 aromatic carbocycles. The number of nitrogens with one attached hydrogen (secondary N) is 1. The molecule has 0 aliphatic heterocycles. The molecular formula is C15H19N3O2S. The van der Waals surface area contributed by atoms with Gasteiger partial charge in [-0.2, -0.15) is 0 Å². The van der Waals surface area contributed by atoms with Gasteiger partial charge in [0.25, 0.3) is 0 Å². The molecule has 6 heteroatoms. The van der Waals surface area contributed by atoms with Crippen molar-refractivity contribution in [3.63, 3.8) is 0 Å². The van der Waals surface area contributed by atoms with E-state index in [1.54, 1.807) is 0 Å². The highest BCUT2D eigenvalue weighted by Gasteiger charge is 2.20. The molecule has 5 nitrogen and oxygen atoms in total. The molecule has 1 aliphatic rings. The second-order valence-electron chi connectivity index (χ2n) is 5.42. The molecule has 1 aliphatic carbocycles. The smallest absolute Gasteiger partial charge is 0.226 e. The Labute approximate surface area is 127 Å². The molecule has 0 saturated heterocycles. The Morgan fingerprint density at radius 1 is 1.48 bits per heavy atom. The Hall–Kier alpha value is -1.66. The zero-order chi connectivity index (χ0) is 14.7. The molecule has 21 heavy (non-hydrogen) atoms. The van der Waals surface area contributed by atoms with Crippen LogP contribution >= 0.6 is 11.3 Å². The lowest BCUT2D eigenvalue weighted by Gasteiger charge is -2.03. The van der Waals surface area contributed by atoms with Gasteiger partial charge in [0.05, 0.1) is 10.2 Å². The maximum absolute atomic E-state index is 11.8. The number of thiazole rings is 1. The van der Waals surface area contributed by atoms with E-state index >= 15 is 0 Å². The van der Waals surface area contributed by atoms with E-state index in [2.05, 4.69) is 10.3 Å². The lowest BCUT2D eigenvalue weighted by Crippen LogP contribution is -2.12. The summed E-state index contributed by atoms with van der Waals surface area (Å²) in [5.41, 5.74) is 7.30. The number of nitrogens with two attached hydrogens (primary N) is 1. The van der Waals surface area contributed by atoms with E-state index in [0.29, 0.717) is 23.8 Å². The molecule has 1 aromatic heterocycles. The van der Waals surface area contributed by atoms with Crippen molar-refractivity contribution in [1.82, 2.24) is 4.98 Å². The van der Waals surface area contributed by atoms with Gasteiger partial charge in [-0.15, -0.1) is 0 Å². The number of rotatable bonds is 7. The Morgan fingerprint density at radius 2 is 2.33 bits per heavy atom. The number of aromatic nitrogens is 1. The second kappa shape index (κ2) is 6.41. The number of hydrogen-bond acceptors (Lipinski definition) is 5. The van der Waals surface area contributed by atoms with Gasteiger partial charge in [-0.3, -0.25) is 4.79 Å². The third kappa shape index (κ3) is 4.15. The molecule has 2 aromatic rings. The molecule has 112 valence electrons. The van der Waals surface area contributed by atoms with Gasteiger partial charge in [0, 0.05) is 25.3 Å². The molecule has 3 rings (SSSR count). The predicted octanol–water partition coefficient (Wildman–Crippen LogP) is 3.02. The first-order valence-corrected chi connectivity index (χ1v) is 8.06. The van der Waals surface area contributed by atoms with Crippen LogP contribution in [0.4, 0.5) is 10.8 Å². The van der Waals surface area contributed by atoms with Crippen LogP contribution in [0.15, 0.2) is 18.2 Å². The van der Waals surface area contributed by atoms with Gasteiger partial charge in [-0.25, -0.2) is 4.98 Å². The predicted molar refractivity (Wildman–Crippen MR) is 85.4 cm³/mol. The number of nitrogen functional groups attached to an aromatic ring is 1. The third-order valence-corrected chi connectivity index (χ3v) is 4.34. The van der Waals surface area contributed by atoms with E-state index in [1.165, 1.54) is 24.2 Å². The fourth-order valence-corrected chi connectivity index (χ4v) is 2.98. The number of ether oxygens (including phenoxy) is 1. The van der Waals surface area contributed by atoms with Gasteiger partial charge in [-0.05, 0) is 43.4 Å². The van der Waals surface area contributed by atoms with Crippen LogP contribution in [0, 0.1) is 5.92 Å². The van der Waals surface area contributed by atoms with E-state index in [9.17, 15) is 4.79 Å². The van der Waals surface area contributed by atoms with E-state index in [0.717, 1.165) is 29.2 Å². The van der Waals surface area contributed by atoms with Gasteiger partial charge in [0.2, 0.25) is 5.91 Å². The van der Waals surface area contributed by atoms with Crippen LogP contribution in [0.5, 0.6) is 0 Å². The van der Waals surface area contributed by atoms with E-state index in [-0.39, 0.29) is 5.91 Å². The number of hydrogen-bond donors (Lipinski definition) is 2. The lowest BCUT2D eigenvalue weighted by molar-refractivity contribution is -0.116. The first-order valence-electron chi connectivity index (χ1n) is 7.24. The molecule has 3 N–H and O–H groups in total. The molecule has 1 heterocycles. The van der Waals surface area contributed by atoms with Crippen molar-refractivity contribution >= 4 is 38.3 Å². The van der Waals surface area contributed by atoms with Crippen LogP contribution < -0.4 is 11.1 Å². The van der Waals surface area contributed by atoms with Crippen molar-refractivity contribution in [3.05, 3.63) is 18.2 Å². The van der Waals surface area contributed by atoms with Crippen molar-refractivity contribution < 1.29 is 9.53 Å². The number of fused-ring (bicyclic) bond motifs is 1. The Kier molecular flexibility index (Phi) is 4.36. The van der Waals surface area contributed by atoms with Crippen molar-refractivity contribution in [3.8, 4) is 0 Å². The summed E-state index contributed by atoms with van der Waals surface area (Å²) in [5.74, 6) is 0.756. The average molecular weight is 305 g/mol. The number of anilines is 2. The SMILES string of the molecule is Nc1ccc2nc(NC(=O)CCCOCC3CC3)sc2c1. The highest BCUT2D eigenvalue weighted by atomic mass is 32.1. The maximum atomic E-state index is 11.8. The molecule has 0 atom stereocenters. The summed E-state index contributed by atoms with van der Waals surface area (Å²) in [6.07, 6.45) is 3.80. The summed E-state index contributed by atoms with van der Waals surface area (Å²) in [5, 5.41) is 3.46. The summed E-state index contributed by atoms with van der Waals surface area (Å²) in [6, 6.07) is 5.54. The minimum atomic E-state index is -0.0166. The van der Waals surface area contributed by atoms with Gasteiger partial charge in [0.15, 0.2) is 5.13 Å². The maximum Gasteiger partial charge on any atom is 0.226 e. The van der Waals surface area contributed by atoms with Gasteiger partial charge in [-0.1, -0.05) is 11.3 Å². The van der Waals surface area contributed by atoms with Gasteiger partial charge in [0.1, 0.15) is 0 Å². The van der Waals surface area contributed by atoms with Crippen LogP contribution in [0.1, 0.15) is 25.7 Å². The molecule has 1 amide bonds. The summed E-state index contributed by atoms with van der Waals surface area (Å²) in [6.45, 7) is 1.50. The normalized spacial score (nSPS) is 14.5. The minimum absolute atomic E-state index is 0.0166. The Morgan fingerprint density at radius 3 is 3.14 bits per heavy atom. The van der Waals surface area contributed by atoms with E-state index < -0.39 is 0 Å². The Bertz CT molecular complexity index is 637. The fourth-order valence-electron chi connectivity index (χ4n) is 2.05. The monoisotopic (exact) mass is 305 g/mol. The highest BCUT2D eigenvalue weighted by Crippen LogP contribution is 2.29. The highest BCUT2D eigenvalue weighted by molar-refractivity contribution is 7.22. The van der Waals surface area contributed by atoms with Crippen molar-refractivity contribution in [2.24, 2.45) is 5.92 Å². The standard InChI is InChI=1S/C15H19N3O2S/c16-11-5-6-12-13(8-11)21-15(17-12)18-14(19)2-1-7-20-9-10-3-4-10/h5-6,8,10H,1-4,7,9,16H2,(H,17,18,19). The topological polar surface area (TPSA) is 77.2 Å². The fraction of sp³-hybridized carbons (Fsp3) is 0.467. The molecule has 1 saturated carbocycles. The molecular weight excluding hydrogens is 286 g/mol. The first-order chi connectivity index (χ1) is 10.2. The van der Waals surface area contributed by atoms with Crippen LogP contribution in [0.2, 0.25) is 0 Å². The van der Waals surface area contributed by atoms with Gasteiger partial charge >= 0.3 is 0 Å². The van der Waals surface area contributed by atoms with E-state index in [1.807, 2.05) is 18.2 Å². The average Bonchev–Trinajstić information content (AvgIpc) is 3.18. The molecule has 0 unspecified atom stereocenters. The summed E-state index contributed by atoms with van der Waals surface area (Å²) >= 11 is 1.44. The zero-order valence-electron chi connectivity index (χ0n) is 11.8. The number of carbonyl (C=O) groups is 1. The first kappa shape index (κ1) is 14.3. The number of nitrogens with zero attached hydrogens (tertiary/aromatic N) is 1. The number of amides is 1.